The Morgan fingerprint density at radius 3 is 2.00 bits per heavy atom. The lowest BCUT2D eigenvalue weighted by molar-refractivity contribution is 0.0858. The first-order valence-electron chi connectivity index (χ1n) is 11.8. The smallest absolute Gasteiger partial charge is 0.255 e. The van der Waals surface area contributed by atoms with E-state index in [1.165, 1.54) is 0 Å². The highest BCUT2D eigenvalue weighted by molar-refractivity contribution is 7.99. The summed E-state index contributed by atoms with van der Waals surface area (Å²) in [4.78, 5) is 27.1. The van der Waals surface area contributed by atoms with Gasteiger partial charge < -0.3 is 16.4 Å². The average molecular weight is 484 g/mol. The second-order valence-electron chi connectivity index (χ2n) is 11.8. The van der Waals surface area contributed by atoms with Gasteiger partial charge in [-0.2, -0.15) is 0 Å². The highest BCUT2D eigenvalue weighted by Crippen LogP contribution is 2.40. The molecule has 0 aliphatic rings. The molecule has 0 aromatic heterocycles. The Bertz CT molecular complexity index is 1040. The first-order valence-corrected chi connectivity index (χ1v) is 12.8. The summed E-state index contributed by atoms with van der Waals surface area (Å²) >= 11 is 1.63. The van der Waals surface area contributed by atoms with Gasteiger partial charge in [0.1, 0.15) is 0 Å². The molecular formula is C28H41N3O2S. The number of nitrogens with two attached hydrogens (primary N) is 1. The zero-order chi connectivity index (χ0) is 25.9. The minimum absolute atomic E-state index is 0.00716. The maximum Gasteiger partial charge on any atom is 0.255 e. The van der Waals surface area contributed by atoms with Crippen molar-refractivity contribution in [2.75, 3.05) is 22.9 Å². The molecule has 2 aromatic carbocycles. The lowest BCUT2D eigenvalue weighted by Crippen LogP contribution is -2.27. The van der Waals surface area contributed by atoms with Crippen LogP contribution in [-0.2, 0) is 5.41 Å². The van der Waals surface area contributed by atoms with Crippen molar-refractivity contribution < 1.29 is 9.59 Å². The zero-order valence-electron chi connectivity index (χ0n) is 22.2. The molecule has 0 saturated carbocycles. The summed E-state index contributed by atoms with van der Waals surface area (Å²) in [6.07, 6.45) is 0. The number of amides is 1. The Hall–Kier alpha value is -2.31. The summed E-state index contributed by atoms with van der Waals surface area (Å²) in [6, 6.07) is 11.2. The van der Waals surface area contributed by atoms with E-state index in [2.05, 4.69) is 64.3 Å². The van der Waals surface area contributed by atoms with Gasteiger partial charge in [0.25, 0.3) is 5.91 Å². The van der Waals surface area contributed by atoms with Crippen molar-refractivity contribution in [2.24, 2.45) is 11.1 Å². The van der Waals surface area contributed by atoms with Gasteiger partial charge in [0.15, 0.2) is 5.78 Å². The lowest BCUT2D eigenvalue weighted by atomic mass is 9.86. The fraction of sp³-hybridized carbons (Fsp3) is 0.500. The normalized spacial score (nSPS) is 12.4. The van der Waals surface area contributed by atoms with Crippen molar-refractivity contribution in [3.63, 3.8) is 0 Å². The Balaban J connectivity index is 2.55. The molecule has 34 heavy (non-hydrogen) atoms. The van der Waals surface area contributed by atoms with E-state index in [0.29, 0.717) is 17.7 Å². The average Bonchev–Trinajstić information content (AvgIpc) is 2.70. The predicted octanol–water partition coefficient (Wildman–Crippen LogP) is 6.73. The van der Waals surface area contributed by atoms with Gasteiger partial charge in [0.05, 0.1) is 16.3 Å². The molecule has 2 aromatic rings. The van der Waals surface area contributed by atoms with Gasteiger partial charge in [0.2, 0.25) is 0 Å². The number of rotatable bonds is 7. The van der Waals surface area contributed by atoms with Crippen LogP contribution in [0.15, 0.2) is 41.3 Å². The molecule has 5 nitrogen and oxygen atoms in total. The molecule has 0 aliphatic carbocycles. The number of carbonyl (C=O) groups is 2. The number of nitrogens with one attached hydrogen (secondary N) is 2. The first kappa shape index (κ1) is 27.9. The summed E-state index contributed by atoms with van der Waals surface area (Å²) in [5.74, 6) is 0.491. The van der Waals surface area contributed by atoms with Crippen LogP contribution >= 0.6 is 11.8 Å². The Morgan fingerprint density at radius 2 is 1.47 bits per heavy atom. The lowest BCUT2D eigenvalue weighted by Gasteiger charge is -2.29. The molecule has 0 saturated heterocycles. The number of hydrogen-bond acceptors (Lipinski definition) is 5. The molecule has 1 amide bonds. The van der Waals surface area contributed by atoms with E-state index in [0.717, 1.165) is 27.6 Å². The molecule has 0 bridgehead atoms. The Kier molecular flexibility index (Phi) is 8.65. The Morgan fingerprint density at radius 1 is 0.882 bits per heavy atom. The molecule has 0 aliphatic heterocycles. The van der Waals surface area contributed by atoms with Gasteiger partial charge in [-0.25, -0.2) is 0 Å². The van der Waals surface area contributed by atoms with Crippen molar-refractivity contribution in [1.82, 2.24) is 0 Å². The van der Waals surface area contributed by atoms with Crippen LogP contribution in [0.4, 0.5) is 11.4 Å². The number of thioether (sulfide) groups is 1. The molecule has 2 rings (SSSR count). The number of anilines is 2. The van der Waals surface area contributed by atoms with E-state index < -0.39 is 5.41 Å². The molecule has 0 atom stereocenters. The predicted molar refractivity (Wildman–Crippen MR) is 146 cm³/mol. The molecule has 0 unspecified atom stereocenters. The minimum atomic E-state index is -0.518. The van der Waals surface area contributed by atoms with Crippen LogP contribution in [0.2, 0.25) is 0 Å². The monoisotopic (exact) mass is 483 g/mol. The van der Waals surface area contributed by atoms with E-state index in [1.807, 2.05) is 20.8 Å². The molecule has 0 radical (unpaired) electrons. The number of hydrogen-bond donors (Lipinski definition) is 3. The fourth-order valence-electron chi connectivity index (χ4n) is 3.40. The third kappa shape index (κ3) is 7.60. The van der Waals surface area contributed by atoms with Crippen LogP contribution in [0, 0.1) is 5.41 Å². The summed E-state index contributed by atoms with van der Waals surface area (Å²) in [6.45, 7) is 19.0. The molecule has 0 spiro atoms. The number of Topliss-reactive ketones (excluding diaryl/α,β-unsaturated/α-hetero) is 1. The second kappa shape index (κ2) is 10.5. The van der Waals surface area contributed by atoms with Gasteiger partial charge in [0, 0.05) is 34.4 Å². The summed E-state index contributed by atoms with van der Waals surface area (Å²) in [5.41, 5.74) is 8.86. The molecule has 4 N–H and O–H groups in total. The molecular weight excluding hydrogens is 442 g/mol. The van der Waals surface area contributed by atoms with Crippen molar-refractivity contribution in [3.05, 3.63) is 53.1 Å². The van der Waals surface area contributed by atoms with Crippen molar-refractivity contribution in [1.29, 1.82) is 0 Å². The minimum Gasteiger partial charge on any atom is -0.379 e. The number of benzene rings is 2. The van der Waals surface area contributed by atoms with Crippen LogP contribution in [-0.4, -0.2) is 29.5 Å². The quantitative estimate of drug-likeness (QED) is 0.300. The van der Waals surface area contributed by atoms with Crippen LogP contribution in [0.25, 0.3) is 0 Å². The molecule has 6 heteroatoms. The summed E-state index contributed by atoms with van der Waals surface area (Å²) in [5, 5.41) is 6.73. The van der Waals surface area contributed by atoms with Crippen LogP contribution < -0.4 is 16.4 Å². The fourth-order valence-corrected chi connectivity index (χ4v) is 4.25. The van der Waals surface area contributed by atoms with Gasteiger partial charge in [-0.15, -0.1) is 11.8 Å². The van der Waals surface area contributed by atoms with Crippen molar-refractivity contribution >= 4 is 34.8 Å². The summed E-state index contributed by atoms with van der Waals surface area (Å²) in [7, 11) is 0. The van der Waals surface area contributed by atoms with Crippen LogP contribution in [0.1, 0.15) is 88.6 Å². The van der Waals surface area contributed by atoms with Gasteiger partial charge in [-0.3, -0.25) is 9.59 Å². The largest absolute Gasteiger partial charge is 0.379 e. The van der Waals surface area contributed by atoms with Crippen molar-refractivity contribution in [3.8, 4) is 0 Å². The van der Waals surface area contributed by atoms with E-state index in [1.54, 1.807) is 36.0 Å². The molecule has 186 valence electrons. The highest BCUT2D eigenvalue weighted by atomic mass is 32.2. The second-order valence-corrected chi connectivity index (χ2v) is 12.9. The molecule has 0 heterocycles. The third-order valence-corrected chi connectivity index (χ3v) is 6.31. The van der Waals surface area contributed by atoms with Crippen LogP contribution in [0.3, 0.4) is 0 Å². The zero-order valence-corrected chi connectivity index (χ0v) is 23.0. The van der Waals surface area contributed by atoms with Crippen LogP contribution in [0.5, 0.6) is 0 Å². The maximum atomic E-state index is 13.3. The van der Waals surface area contributed by atoms with E-state index in [9.17, 15) is 9.59 Å². The molecule has 0 fully saturated rings. The van der Waals surface area contributed by atoms with E-state index >= 15 is 0 Å². The number of carbonyl (C=O) groups excluding carboxylic acids is 2. The summed E-state index contributed by atoms with van der Waals surface area (Å²) < 4.78 is 0. The first-order chi connectivity index (χ1) is 15.5. The topological polar surface area (TPSA) is 84.2 Å². The third-order valence-electron chi connectivity index (χ3n) is 5.15. The maximum absolute atomic E-state index is 13.3. The SMILES string of the molecule is CC(C)(C)Nc1cc(C(C)(C)C)cc(NC(=O)c2cccc(C(=O)C(C)(C)C)c2)c1SCCN. The Labute approximate surface area is 209 Å². The van der Waals surface area contributed by atoms with Gasteiger partial charge >= 0.3 is 0 Å². The van der Waals surface area contributed by atoms with Crippen molar-refractivity contribution in [2.45, 2.75) is 78.2 Å². The number of ketones is 1. The highest BCUT2D eigenvalue weighted by Gasteiger charge is 2.25. The van der Waals surface area contributed by atoms with Gasteiger partial charge in [-0.1, -0.05) is 53.7 Å². The van der Waals surface area contributed by atoms with E-state index in [-0.39, 0.29) is 22.6 Å². The van der Waals surface area contributed by atoms with Gasteiger partial charge in [-0.05, 0) is 56.0 Å². The van der Waals surface area contributed by atoms with E-state index in [4.69, 9.17) is 5.73 Å². The standard InChI is InChI=1S/C28H41N3O2S/c1-26(2,3)20-16-21(23(34-14-13-29)22(17-20)31-28(7,8)9)30-25(33)19-12-10-11-18(15-19)24(32)27(4,5)6/h10-12,15-17,31H,13-14,29H2,1-9H3,(H,30,33).